The number of hydrogen-bond acceptors (Lipinski definition) is 3. The van der Waals surface area contributed by atoms with Crippen molar-refractivity contribution < 1.29 is 0 Å². The van der Waals surface area contributed by atoms with E-state index < -0.39 is 0 Å². The largest absolute Gasteiger partial charge is 0.368 e. The highest BCUT2D eigenvalue weighted by molar-refractivity contribution is 6.35. The molecule has 0 spiro atoms. The second-order valence-corrected chi connectivity index (χ2v) is 6.41. The molecular formula is C18H18Cl3N3. The van der Waals surface area contributed by atoms with E-state index in [0.29, 0.717) is 27.4 Å². The van der Waals surface area contributed by atoms with Crippen molar-refractivity contribution in [2.24, 2.45) is 0 Å². The summed E-state index contributed by atoms with van der Waals surface area (Å²) in [6, 6.07) is 5.48. The molecule has 0 aliphatic rings. The van der Waals surface area contributed by atoms with Crippen molar-refractivity contribution in [1.29, 1.82) is 0 Å². The van der Waals surface area contributed by atoms with Crippen LogP contribution < -0.4 is 5.32 Å². The van der Waals surface area contributed by atoms with Crippen LogP contribution in [0, 0.1) is 6.92 Å². The minimum atomic E-state index is 0.551. The van der Waals surface area contributed by atoms with Crippen LogP contribution in [0.15, 0.2) is 42.3 Å². The van der Waals surface area contributed by atoms with Crippen LogP contribution >= 0.6 is 34.8 Å². The second kappa shape index (κ2) is 9.07. The number of rotatable bonds is 6. The van der Waals surface area contributed by atoms with Gasteiger partial charge in [0.1, 0.15) is 17.2 Å². The molecule has 1 aromatic carbocycles. The zero-order valence-corrected chi connectivity index (χ0v) is 15.8. The number of halogens is 3. The molecular weight excluding hydrogens is 365 g/mol. The molecule has 0 saturated heterocycles. The van der Waals surface area contributed by atoms with Gasteiger partial charge in [-0.1, -0.05) is 59.1 Å². The van der Waals surface area contributed by atoms with Crippen LogP contribution in [0.1, 0.15) is 24.6 Å². The topological polar surface area (TPSA) is 37.8 Å². The van der Waals surface area contributed by atoms with Crippen molar-refractivity contribution in [1.82, 2.24) is 9.97 Å². The number of nitrogens with one attached hydrogen (secondary N) is 1. The van der Waals surface area contributed by atoms with Gasteiger partial charge >= 0.3 is 0 Å². The van der Waals surface area contributed by atoms with E-state index in [1.54, 1.807) is 6.07 Å². The van der Waals surface area contributed by atoms with E-state index in [4.69, 9.17) is 34.8 Å². The van der Waals surface area contributed by atoms with Gasteiger partial charge in [0.15, 0.2) is 0 Å². The summed E-state index contributed by atoms with van der Waals surface area (Å²) in [6.07, 6.45) is 8.40. The van der Waals surface area contributed by atoms with E-state index in [1.807, 2.05) is 38.1 Å². The van der Waals surface area contributed by atoms with E-state index in [1.165, 1.54) is 6.33 Å². The van der Waals surface area contributed by atoms with E-state index in [9.17, 15) is 0 Å². The third kappa shape index (κ3) is 5.23. The van der Waals surface area contributed by atoms with Crippen LogP contribution in [0.3, 0.4) is 0 Å². The Labute approximate surface area is 157 Å². The lowest BCUT2D eigenvalue weighted by Crippen LogP contribution is -2.05. The summed E-state index contributed by atoms with van der Waals surface area (Å²) in [6.45, 7) is 4.52. The van der Waals surface area contributed by atoms with Gasteiger partial charge in [-0.3, -0.25) is 0 Å². The molecule has 0 unspecified atom stereocenters. The Bertz CT molecular complexity index is 770. The van der Waals surface area contributed by atoms with Crippen molar-refractivity contribution in [3.8, 4) is 0 Å². The lowest BCUT2D eigenvalue weighted by molar-refractivity contribution is 1.00. The van der Waals surface area contributed by atoms with Crippen LogP contribution in [-0.4, -0.2) is 16.5 Å². The van der Waals surface area contributed by atoms with E-state index in [-0.39, 0.29) is 0 Å². The summed E-state index contributed by atoms with van der Waals surface area (Å²) in [5, 5.41) is 5.05. The van der Waals surface area contributed by atoms with Crippen molar-refractivity contribution in [2.75, 3.05) is 11.9 Å². The zero-order chi connectivity index (χ0) is 17.5. The van der Waals surface area contributed by atoms with Gasteiger partial charge < -0.3 is 5.32 Å². The maximum absolute atomic E-state index is 6.24. The first-order valence-electron chi connectivity index (χ1n) is 7.50. The quantitative estimate of drug-likeness (QED) is 0.604. The summed E-state index contributed by atoms with van der Waals surface area (Å²) >= 11 is 18.4. The maximum Gasteiger partial charge on any atom is 0.148 e. The number of allylic oxidation sites excluding steroid dienone is 2. The van der Waals surface area contributed by atoms with Gasteiger partial charge in [-0.25, -0.2) is 9.97 Å². The number of hydrogen-bond donors (Lipinski definition) is 1. The molecule has 126 valence electrons. The second-order valence-electron chi connectivity index (χ2n) is 5.18. The van der Waals surface area contributed by atoms with Crippen molar-refractivity contribution in [2.45, 2.75) is 20.3 Å². The van der Waals surface area contributed by atoms with E-state index >= 15 is 0 Å². The lowest BCUT2D eigenvalue weighted by atomic mass is 10.1. The minimum absolute atomic E-state index is 0.551. The molecule has 0 aliphatic carbocycles. The highest BCUT2D eigenvalue weighted by Crippen LogP contribution is 2.25. The molecule has 2 rings (SSSR count). The predicted octanol–water partition coefficient (Wildman–Crippen LogP) is 6.21. The molecule has 1 aromatic heterocycles. The van der Waals surface area contributed by atoms with Gasteiger partial charge in [0, 0.05) is 16.6 Å². The number of anilines is 1. The molecule has 2 aromatic rings. The molecule has 0 saturated carbocycles. The Morgan fingerprint density at radius 2 is 2.00 bits per heavy atom. The smallest absolute Gasteiger partial charge is 0.148 e. The van der Waals surface area contributed by atoms with Crippen LogP contribution in [0.5, 0.6) is 0 Å². The van der Waals surface area contributed by atoms with Crippen LogP contribution in [0.2, 0.25) is 15.1 Å². The van der Waals surface area contributed by atoms with Gasteiger partial charge in [-0.2, -0.15) is 0 Å². The molecule has 3 nitrogen and oxygen atoms in total. The fourth-order valence-electron chi connectivity index (χ4n) is 2.14. The highest BCUT2D eigenvalue weighted by atomic mass is 35.5. The summed E-state index contributed by atoms with van der Waals surface area (Å²) in [5.74, 6) is 0.647. The van der Waals surface area contributed by atoms with Crippen molar-refractivity contribution in [3.05, 3.63) is 68.6 Å². The Balaban J connectivity index is 2.08. The van der Waals surface area contributed by atoms with Gasteiger partial charge in [0.05, 0.1) is 5.69 Å². The summed E-state index contributed by atoms with van der Waals surface area (Å²) < 4.78 is 0. The Morgan fingerprint density at radius 1 is 1.21 bits per heavy atom. The number of nitrogens with zero attached hydrogens (tertiary/aromatic N) is 2. The van der Waals surface area contributed by atoms with Gasteiger partial charge in [-0.05, 0) is 43.5 Å². The van der Waals surface area contributed by atoms with Crippen LogP contribution in [0.4, 0.5) is 5.82 Å². The Hall–Kier alpha value is -1.55. The molecule has 6 heteroatoms. The maximum atomic E-state index is 6.24. The van der Waals surface area contributed by atoms with Crippen LogP contribution in [0.25, 0.3) is 6.08 Å². The molecule has 1 N–H and O–H groups in total. The SMILES string of the molecule is C/C=C\C(=Cc1ccc(Cl)cc1Cl)CCNc1ncnc(C)c1Cl. The number of aromatic nitrogens is 2. The molecule has 0 fully saturated rings. The zero-order valence-electron chi connectivity index (χ0n) is 13.5. The lowest BCUT2D eigenvalue weighted by Gasteiger charge is -2.09. The molecule has 0 amide bonds. The predicted molar refractivity (Wildman–Crippen MR) is 104 cm³/mol. The first-order chi connectivity index (χ1) is 11.5. The van der Waals surface area contributed by atoms with Gasteiger partial charge in [-0.15, -0.1) is 0 Å². The fourth-order valence-corrected chi connectivity index (χ4v) is 2.77. The Kier molecular flexibility index (Phi) is 7.10. The normalized spacial score (nSPS) is 12.0. The molecule has 0 bridgehead atoms. The van der Waals surface area contributed by atoms with Gasteiger partial charge in [0.25, 0.3) is 0 Å². The number of aryl methyl sites for hydroxylation is 1. The average Bonchev–Trinajstić information content (AvgIpc) is 2.54. The first kappa shape index (κ1) is 18.8. The monoisotopic (exact) mass is 381 g/mol. The summed E-state index contributed by atoms with van der Waals surface area (Å²) in [4.78, 5) is 8.22. The summed E-state index contributed by atoms with van der Waals surface area (Å²) in [7, 11) is 0. The van der Waals surface area contributed by atoms with Gasteiger partial charge in [0.2, 0.25) is 0 Å². The molecule has 0 atom stereocenters. The van der Waals surface area contributed by atoms with E-state index in [0.717, 1.165) is 23.3 Å². The average molecular weight is 383 g/mol. The van der Waals surface area contributed by atoms with Crippen molar-refractivity contribution >= 4 is 46.7 Å². The van der Waals surface area contributed by atoms with E-state index in [2.05, 4.69) is 21.4 Å². The molecule has 24 heavy (non-hydrogen) atoms. The third-order valence-corrected chi connectivity index (χ3v) is 4.37. The fraction of sp³-hybridized carbons (Fsp3) is 0.222. The first-order valence-corrected chi connectivity index (χ1v) is 8.64. The van der Waals surface area contributed by atoms with Crippen LogP contribution in [-0.2, 0) is 0 Å². The molecule has 0 radical (unpaired) electrons. The standard InChI is InChI=1S/C18H18Cl3N3/c1-3-4-13(9-14-5-6-15(19)10-16(14)20)7-8-22-18-17(21)12(2)23-11-24-18/h3-6,9-11H,7-8H2,1-2H3,(H,22,23,24)/b4-3-,13-9?. The molecule has 0 aliphatic heterocycles. The van der Waals surface area contributed by atoms with Crippen molar-refractivity contribution in [3.63, 3.8) is 0 Å². The minimum Gasteiger partial charge on any atom is -0.368 e. The Morgan fingerprint density at radius 3 is 2.71 bits per heavy atom. The highest BCUT2D eigenvalue weighted by Gasteiger charge is 2.05. The number of benzene rings is 1. The summed E-state index contributed by atoms with van der Waals surface area (Å²) in [5.41, 5.74) is 2.83. The third-order valence-electron chi connectivity index (χ3n) is 3.35. The molecule has 1 heterocycles.